The largest absolute Gasteiger partial charge is 0.497 e. The number of aryl methyl sites for hydroxylation is 1. The fourth-order valence-electron chi connectivity index (χ4n) is 3.01. The first-order valence-electron chi connectivity index (χ1n) is 6.62. The van der Waals surface area contributed by atoms with Gasteiger partial charge in [0.05, 0.1) is 12.8 Å². The predicted molar refractivity (Wildman–Crippen MR) is 74.3 cm³/mol. The van der Waals surface area contributed by atoms with Crippen molar-refractivity contribution in [3.05, 3.63) is 46.8 Å². The highest BCUT2D eigenvalue weighted by atomic mass is 16.5. The molecular weight excluding hydrogens is 238 g/mol. The predicted octanol–water partition coefficient (Wildman–Crippen LogP) is 2.46. The summed E-state index contributed by atoms with van der Waals surface area (Å²) in [6.45, 7) is 2.04. The lowest BCUT2D eigenvalue weighted by Crippen LogP contribution is -2.23. The number of benzene rings is 1. The fourth-order valence-corrected chi connectivity index (χ4v) is 3.01. The number of ether oxygens (including phenoxy) is 1. The molecule has 4 heteroatoms. The number of nitrogens with two attached hydrogens (primary N) is 1. The fraction of sp³-hybridized carbons (Fsp3) is 0.400. The van der Waals surface area contributed by atoms with E-state index < -0.39 is 0 Å². The van der Waals surface area contributed by atoms with E-state index in [4.69, 9.17) is 10.5 Å². The Labute approximate surface area is 113 Å². The van der Waals surface area contributed by atoms with Gasteiger partial charge in [-0.25, -0.2) is 0 Å². The van der Waals surface area contributed by atoms with Crippen LogP contribution in [0.25, 0.3) is 0 Å². The summed E-state index contributed by atoms with van der Waals surface area (Å²) in [5, 5.41) is 7.44. The monoisotopic (exact) mass is 257 g/mol. The summed E-state index contributed by atoms with van der Waals surface area (Å²) in [7, 11) is 1.68. The van der Waals surface area contributed by atoms with Crippen molar-refractivity contribution in [2.24, 2.45) is 5.73 Å². The Bertz CT molecular complexity index is 574. The zero-order valence-corrected chi connectivity index (χ0v) is 11.3. The van der Waals surface area contributed by atoms with Crippen LogP contribution in [0.15, 0.2) is 24.3 Å². The number of aromatic amines is 1. The summed E-state index contributed by atoms with van der Waals surface area (Å²) >= 11 is 0. The number of hydrogen-bond acceptors (Lipinski definition) is 3. The molecular formula is C15H19N3O. The summed E-state index contributed by atoms with van der Waals surface area (Å²) in [6.07, 6.45) is 1.93. The van der Waals surface area contributed by atoms with Crippen molar-refractivity contribution < 1.29 is 4.74 Å². The molecule has 0 saturated heterocycles. The van der Waals surface area contributed by atoms with Gasteiger partial charge in [-0.1, -0.05) is 12.1 Å². The minimum Gasteiger partial charge on any atom is -0.497 e. The van der Waals surface area contributed by atoms with Gasteiger partial charge >= 0.3 is 0 Å². The van der Waals surface area contributed by atoms with Gasteiger partial charge in [0.1, 0.15) is 5.75 Å². The Balaban J connectivity index is 1.88. The number of nitrogens with zero attached hydrogens (tertiary/aromatic N) is 1. The van der Waals surface area contributed by atoms with Crippen LogP contribution in [0.1, 0.15) is 40.9 Å². The van der Waals surface area contributed by atoms with E-state index in [-0.39, 0.29) is 6.04 Å². The zero-order chi connectivity index (χ0) is 13.4. The number of rotatable bonds is 2. The van der Waals surface area contributed by atoms with Crippen molar-refractivity contribution in [3.8, 4) is 5.75 Å². The Morgan fingerprint density at radius 1 is 1.32 bits per heavy atom. The van der Waals surface area contributed by atoms with E-state index in [1.165, 1.54) is 11.1 Å². The lowest BCUT2D eigenvalue weighted by Gasteiger charge is -2.27. The van der Waals surface area contributed by atoms with E-state index in [1.54, 1.807) is 7.11 Å². The molecule has 0 aliphatic heterocycles. The van der Waals surface area contributed by atoms with Gasteiger partial charge in [-0.2, -0.15) is 5.10 Å². The maximum absolute atomic E-state index is 6.29. The third-order valence-electron chi connectivity index (χ3n) is 4.01. The highest BCUT2D eigenvalue weighted by Crippen LogP contribution is 2.38. The molecule has 0 radical (unpaired) electrons. The Kier molecular flexibility index (Phi) is 3.03. The van der Waals surface area contributed by atoms with Gasteiger partial charge in [0.2, 0.25) is 0 Å². The molecule has 1 heterocycles. The zero-order valence-electron chi connectivity index (χ0n) is 11.3. The molecule has 0 bridgehead atoms. The van der Waals surface area contributed by atoms with E-state index >= 15 is 0 Å². The second-order valence-corrected chi connectivity index (χ2v) is 5.23. The molecule has 19 heavy (non-hydrogen) atoms. The highest BCUT2D eigenvalue weighted by Gasteiger charge is 2.29. The molecule has 0 saturated carbocycles. The highest BCUT2D eigenvalue weighted by molar-refractivity contribution is 5.36. The van der Waals surface area contributed by atoms with Crippen LogP contribution in [-0.2, 0) is 6.42 Å². The van der Waals surface area contributed by atoms with E-state index in [0.717, 1.165) is 30.0 Å². The van der Waals surface area contributed by atoms with E-state index in [9.17, 15) is 0 Å². The van der Waals surface area contributed by atoms with E-state index in [0.29, 0.717) is 5.92 Å². The number of methoxy groups -OCH3 is 1. The topological polar surface area (TPSA) is 63.9 Å². The van der Waals surface area contributed by atoms with Gasteiger partial charge in [0.15, 0.2) is 0 Å². The minimum atomic E-state index is 0.0783. The Morgan fingerprint density at radius 2 is 2.05 bits per heavy atom. The third-order valence-corrected chi connectivity index (χ3v) is 4.01. The number of nitrogens with one attached hydrogen (secondary N) is 1. The molecule has 4 nitrogen and oxygen atoms in total. The number of fused-ring (bicyclic) bond motifs is 1. The Morgan fingerprint density at radius 3 is 2.74 bits per heavy atom. The van der Waals surface area contributed by atoms with Crippen LogP contribution < -0.4 is 10.5 Å². The van der Waals surface area contributed by atoms with E-state index in [1.807, 2.05) is 19.1 Å². The first kappa shape index (κ1) is 12.2. The maximum Gasteiger partial charge on any atom is 0.118 e. The third kappa shape index (κ3) is 2.12. The van der Waals surface area contributed by atoms with Crippen molar-refractivity contribution in [3.63, 3.8) is 0 Å². The molecule has 2 aromatic rings. The van der Waals surface area contributed by atoms with Crippen molar-refractivity contribution in [1.29, 1.82) is 0 Å². The normalized spacial score (nSPS) is 22.1. The van der Waals surface area contributed by atoms with Gasteiger partial charge in [-0.3, -0.25) is 5.10 Å². The average Bonchev–Trinajstić information content (AvgIpc) is 2.81. The van der Waals surface area contributed by atoms with Crippen LogP contribution in [0.2, 0.25) is 0 Å². The first-order valence-corrected chi connectivity index (χ1v) is 6.62. The van der Waals surface area contributed by atoms with Crippen LogP contribution in [-0.4, -0.2) is 17.3 Å². The summed E-state index contributed by atoms with van der Waals surface area (Å²) in [6, 6.07) is 8.34. The van der Waals surface area contributed by atoms with Gasteiger partial charge in [-0.15, -0.1) is 0 Å². The average molecular weight is 257 g/mol. The van der Waals surface area contributed by atoms with Crippen molar-refractivity contribution in [2.75, 3.05) is 7.11 Å². The molecule has 3 rings (SSSR count). The molecule has 100 valence electrons. The summed E-state index contributed by atoms with van der Waals surface area (Å²) in [5.74, 6) is 1.33. The molecule has 3 N–H and O–H groups in total. The minimum absolute atomic E-state index is 0.0783. The molecule has 2 atom stereocenters. The second kappa shape index (κ2) is 4.70. The van der Waals surface area contributed by atoms with Gasteiger partial charge < -0.3 is 10.5 Å². The molecule has 2 unspecified atom stereocenters. The quantitative estimate of drug-likeness (QED) is 0.868. The lowest BCUT2D eigenvalue weighted by atomic mass is 9.80. The summed E-state index contributed by atoms with van der Waals surface area (Å²) in [4.78, 5) is 0. The summed E-state index contributed by atoms with van der Waals surface area (Å²) in [5.41, 5.74) is 11.0. The molecule has 1 aliphatic rings. The smallest absolute Gasteiger partial charge is 0.118 e. The second-order valence-electron chi connectivity index (χ2n) is 5.23. The molecule has 1 aromatic heterocycles. The SMILES string of the molecule is COc1ccc(C2Cc3n[nH]c(C)c3C(N)C2)cc1. The van der Waals surface area contributed by atoms with Crippen LogP contribution in [0.4, 0.5) is 0 Å². The standard InChI is InChI=1S/C15H19N3O/c1-9-15-13(16)7-11(8-14(15)18-17-9)10-3-5-12(19-2)6-4-10/h3-6,11,13H,7-8,16H2,1-2H3,(H,17,18). The molecule has 1 aliphatic carbocycles. The van der Waals surface area contributed by atoms with Crippen molar-refractivity contribution >= 4 is 0 Å². The molecule has 0 amide bonds. The van der Waals surface area contributed by atoms with Crippen molar-refractivity contribution in [1.82, 2.24) is 10.2 Å². The van der Waals surface area contributed by atoms with Crippen LogP contribution >= 0.6 is 0 Å². The van der Waals surface area contributed by atoms with Crippen LogP contribution in [0.3, 0.4) is 0 Å². The molecule has 0 spiro atoms. The van der Waals surface area contributed by atoms with E-state index in [2.05, 4.69) is 22.3 Å². The Hall–Kier alpha value is -1.81. The number of hydrogen-bond donors (Lipinski definition) is 2. The summed E-state index contributed by atoms with van der Waals surface area (Å²) < 4.78 is 5.20. The van der Waals surface area contributed by atoms with Gasteiger partial charge in [0, 0.05) is 17.3 Å². The van der Waals surface area contributed by atoms with Crippen LogP contribution in [0, 0.1) is 6.92 Å². The maximum atomic E-state index is 6.29. The van der Waals surface area contributed by atoms with Crippen molar-refractivity contribution in [2.45, 2.75) is 31.7 Å². The first-order chi connectivity index (χ1) is 9.19. The lowest BCUT2D eigenvalue weighted by molar-refractivity contribution is 0.414. The number of H-pyrrole nitrogens is 1. The van der Waals surface area contributed by atoms with Crippen LogP contribution in [0.5, 0.6) is 5.75 Å². The number of aromatic nitrogens is 2. The molecule has 1 aromatic carbocycles. The van der Waals surface area contributed by atoms with Gasteiger partial charge in [-0.05, 0) is 43.4 Å². The molecule has 0 fully saturated rings. The van der Waals surface area contributed by atoms with Gasteiger partial charge in [0.25, 0.3) is 0 Å².